The maximum atomic E-state index is 8.65. The van der Waals surface area contributed by atoms with E-state index in [1.807, 2.05) is 30.3 Å². The lowest BCUT2D eigenvalue weighted by Gasteiger charge is -1.88. The number of phenolic OH excluding ortho intramolecular Hbond substituents is 2. The van der Waals surface area contributed by atoms with Gasteiger partial charge in [0.2, 0.25) is 0 Å². The van der Waals surface area contributed by atoms with Crippen LogP contribution in [0.25, 0.3) is 0 Å². The van der Waals surface area contributed by atoms with Crippen molar-refractivity contribution in [1.82, 2.24) is 0 Å². The summed E-state index contributed by atoms with van der Waals surface area (Å²) in [4.78, 5) is 0. The Morgan fingerprint density at radius 3 is 1.33 bits per heavy atom. The van der Waals surface area contributed by atoms with Crippen molar-refractivity contribution in [3.05, 3.63) is 54.6 Å². The molecule has 0 amide bonds. The smallest absolute Gasteiger partial charge is 0.115 e. The van der Waals surface area contributed by atoms with Crippen LogP contribution in [0.15, 0.2) is 54.6 Å². The standard InChI is InChI=1S/C6H7N.C6H6O2/c7-6-4-2-1-3-5-6;7-5-1-2-6(8)4-3-5/h1-5H,7H2;1-4,7-8H. The van der Waals surface area contributed by atoms with Crippen molar-refractivity contribution in [2.45, 2.75) is 0 Å². The molecule has 0 saturated carbocycles. The molecule has 4 N–H and O–H groups in total. The van der Waals surface area contributed by atoms with Crippen molar-refractivity contribution in [3.63, 3.8) is 0 Å². The van der Waals surface area contributed by atoms with Crippen LogP contribution in [0.3, 0.4) is 0 Å². The van der Waals surface area contributed by atoms with Gasteiger partial charge in [-0.2, -0.15) is 0 Å². The normalized spacial score (nSPS) is 8.80. The Morgan fingerprint density at radius 2 is 1.07 bits per heavy atom. The first-order valence-electron chi connectivity index (χ1n) is 4.47. The number of nitrogens with two attached hydrogens (primary N) is 1. The Balaban J connectivity index is 0.000000151. The quantitative estimate of drug-likeness (QED) is 0.455. The Kier molecular flexibility index (Phi) is 4.04. The molecule has 3 nitrogen and oxygen atoms in total. The molecular weight excluding hydrogens is 190 g/mol. The molecule has 2 aromatic carbocycles. The second-order valence-corrected chi connectivity index (χ2v) is 2.93. The van der Waals surface area contributed by atoms with Crippen LogP contribution in [-0.4, -0.2) is 10.2 Å². The van der Waals surface area contributed by atoms with Gasteiger partial charge in [0.25, 0.3) is 0 Å². The molecule has 0 saturated heterocycles. The van der Waals surface area contributed by atoms with E-state index in [1.165, 1.54) is 24.3 Å². The summed E-state index contributed by atoms with van der Waals surface area (Å²) >= 11 is 0. The van der Waals surface area contributed by atoms with Crippen molar-refractivity contribution < 1.29 is 10.2 Å². The first-order valence-corrected chi connectivity index (χ1v) is 4.47. The predicted octanol–water partition coefficient (Wildman–Crippen LogP) is 2.37. The van der Waals surface area contributed by atoms with Crippen molar-refractivity contribution in [2.24, 2.45) is 0 Å². The second kappa shape index (κ2) is 5.54. The van der Waals surface area contributed by atoms with Crippen molar-refractivity contribution in [2.75, 3.05) is 5.73 Å². The third-order valence-corrected chi connectivity index (χ3v) is 1.65. The number of aromatic hydroxyl groups is 2. The zero-order valence-corrected chi connectivity index (χ0v) is 8.17. The fraction of sp³-hybridized carbons (Fsp3) is 0. The highest BCUT2D eigenvalue weighted by atomic mass is 16.3. The molecule has 0 aromatic heterocycles. The summed E-state index contributed by atoms with van der Waals surface area (Å²) in [5.74, 6) is 0.339. The Morgan fingerprint density at radius 1 is 0.667 bits per heavy atom. The molecule has 78 valence electrons. The number of nitrogen functional groups attached to an aromatic ring is 1. The summed E-state index contributed by atoms with van der Waals surface area (Å²) in [5.41, 5.74) is 6.18. The van der Waals surface area contributed by atoms with E-state index in [-0.39, 0.29) is 11.5 Å². The molecular formula is C12H13NO2. The monoisotopic (exact) mass is 203 g/mol. The summed E-state index contributed by atoms with van der Waals surface area (Å²) < 4.78 is 0. The number of hydrogen-bond acceptors (Lipinski definition) is 3. The van der Waals surface area contributed by atoms with Gasteiger partial charge in [0.1, 0.15) is 11.5 Å². The van der Waals surface area contributed by atoms with Crippen molar-refractivity contribution >= 4 is 5.69 Å². The van der Waals surface area contributed by atoms with E-state index in [1.54, 1.807) is 0 Å². The fourth-order valence-corrected chi connectivity index (χ4v) is 0.906. The maximum absolute atomic E-state index is 8.65. The molecule has 0 heterocycles. The van der Waals surface area contributed by atoms with Gasteiger partial charge in [-0.1, -0.05) is 18.2 Å². The molecule has 2 rings (SSSR count). The van der Waals surface area contributed by atoms with Crippen LogP contribution in [-0.2, 0) is 0 Å². The number of hydrogen-bond donors (Lipinski definition) is 3. The lowest BCUT2D eigenvalue weighted by atomic mass is 10.3. The highest BCUT2D eigenvalue weighted by Gasteiger charge is 1.84. The van der Waals surface area contributed by atoms with Gasteiger partial charge in [0.15, 0.2) is 0 Å². The second-order valence-electron chi connectivity index (χ2n) is 2.93. The van der Waals surface area contributed by atoms with Gasteiger partial charge >= 0.3 is 0 Å². The Bertz CT molecular complexity index is 363. The average molecular weight is 203 g/mol. The number of rotatable bonds is 0. The molecule has 0 fully saturated rings. The first kappa shape index (κ1) is 10.9. The molecule has 0 aliphatic carbocycles. The van der Waals surface area contributed by atoms with Gasteiger partial charge in [-0.25, -0.2) is 0 Å². The highest BCUT2D eigenvalue weighted by molar-refractivity contribution is 5.35. The van der Waals surface area contributed by atoms with E-state index in [0.29, 0.717) is 0 Å². The van der Waals surface area contributed by atoms with E-state index >= 15 is 0 Å². The summed E-state index contributed by atoms with van der Waals surface area (Å²) in [5, 5.41) is 17.3. The van der Waals surface area contributed by atoms with E-state index < -0.39 is 0 Å². The van der Waals surface area contributed by atoms with Crippen molar-refractivity contribution in [1.29, 1.82) is 0 Å². The van der Waals surface area contributed by atoms with Gasteiger partial charge in [-0.3, -0.25) is 0 Å². The molecule has 0 atom stereocenters. The summed E-state index contributed by atoms with van der Waals surface area (Å²) in [6.07, 6.45) is 0. The third-order valence-electron chi connectivity index (χ3n) is 1.65. The predicted molar refractivity (Wildman–Crippen MR) is 60.6 cm³/mol. The topological polar surface area (TPSA) is 66.5 Å². The zero-order valence-electron chi connectivity index (χ0n) is 8.17. The largest absolute Gasteiger partial charge is 0.508 e. The SMILES string of the molecule is Nc1ccccc1.Oc1ccc(O)cc1. The number of anilines is 1. The van der Waals surface area contributed by atoms with Crippen LogP contribution in [0.2, 0.25) is 0 Å². The summed E-state index contributed by atoms with van der Waals surface area (Å²) in [7, 11) is 0. The van der Waals surface area contributed by atoms with E-state index in [4.69, 9.17) is 15.9 Å². The minimum Gasteiger partial charge on any atom is -0.508 e. The van der Waals surface area contributed by atoms with Gasteiger partial charge in [0, 0.05) is 5.69 Å². The van der Waals surface area contributed by atoms with Crippen LogP contribution in [0, 0.1) is 0 Å². The molecule has 15 heavy (non-hydrogen) atoms. The van der Waals surface area contributed by atoms with Gasteiger partial charge in [-0.05, 0) is 36.4 Å². The van der Waals surface area contributed by atoms with Crippen LogP contribution in [0.5, 0.6) is 11.5 Å². The molecule has 0 unspecified atom stereocenters. The van der Waals surface area contributed by atoms with Gasteiger partial charge in [-0.15, -0.1) is 0 Å². The van der Waals surface area contributed by atoms with Gasteiger partial charge < -0.3 is 15.9 Å². The van der Waals surface area contributed by atoms with Crippen LogP contribution in [0.1, 0.15) is 0 Å². The summed E-state index contributed by atoms with van der Waals surface area (Å²) in [6, 6.07) is 15.2. The highest BCUT2D eigenvalue weighted by Crippen LogP contribution is 2.13. The minimum absolute atomic E-state index is 0.169. The number of benzene rings is 2. The van der Waals surface area contributed by atoms with Crippen LogP contribution >= 0.6 is 0 Å². The fourth-order valence-electron chi connectivity index (χ4n) is 0.906. The van der Waals surface area contributed by atoms with E-state index in [2.05, 4.69) is 0 Å². The third kappa shape index (κ3) is 4.57. The zero-order chi connectivity index (χ0) is 11.1. The molecule has 3 heteroatoms. The Hall–Kier alpha value is -2.16. The molecule has 0 aliphatic rings. The molecule has 2 aromatic rings. The number of para-hydroxylation sites is 1. The maximum Gasteiger partial charge on any atom is 0.115 e. The average Bonchev–Trinajstić information content (AvgIpc) is 2.25. The van der Waals surface area contributed by atoms with Crippen LogP contribution < -0.4 is 5.73 Å². The van der Waals surface area contributed by atoms with Crippen LogP contribution in [0.4, 0.5) is 5.69 Å². The molecule has 0 bridgehead atoms. The lowest BCUT2D eigenvalue weighted by molar-refractivity contribution is 0.460. The van der Waals surface area contributed by atoms with Crippen molar-refractivity contribution in [3.8, 4) is 11.5 Å². The van der Waals surface area contributed by atoms with E-state index in [9.17, 15) is 0 Å². The Labute approximate surface area is 88.4 Å². The number of phenols is 2. The first-order chi connectivity index (χ1) is 7.18. The lowest BCUT2D eigenvalue weighted by Crippen LogP contribution is -1.79. The minimum atomic E-state index is 0.169. The molecule has 0 spiro atoms. The molecule has 0 radical (unpaired) electrons. The van der Waals surface area contributed by atoms with Gasteiger partial charge in [0.05, 0.1) is 0 Å². The molecule has 0 aliphatic heterocycles. The van der Waals surface area contributed by atoms with E-state index in [0.717, 1.165) is 5.69 Å². The summed E-state index contributed by atoms with van der Waals surface area (Å²) in [6.45, 7) is 0.